The van der Waals surface area contributed by atoms with Crippen LogP contribution >= 0.6 is 0 Å². The molecular formula is C15H24FN. The highest BCUT2D eigenvalue weighted by molar-refractivity contribution is 5.43. The van der Waals surface area contributed by atoms with Gasteiger partial charge in [-0.05, 0) is 50.3 Å². The first-order valence-corrected chi connectivity index (χ1v) is 6.63. The van der Waals surface area contributed by atoms with Gasteiger partial charge in [-0.15, -0.1) is 0 Å². The first kappa shape index (κ1) is 14.1. The first-order valence-electron chi connectivity index (χ1n) is 6.63. The maximum Gasteiger partial charge on any atom is 0.126 e. The molecule has 1 nitrogen and oxygen atoms in total. The van der Waals surface area contributed by atoms with Gasteiger partial charge in [-0.1, -0.05) is 26.7 Å². The average Bonchev–Trinajstić information content (AvgIpc) is 2.69. The van der Waals surface area contributed by atoms with Crippen molar-refractivity contribution in [3.8, 4) is 0 Å². The monoisotopic (exact) mass is 237 g/mol. The van der Waals surface area contributed by atoms with E-state index in [0.29, 0.717) is 6.42 Å². The summed E-state index contributed by atoms with van der Waals surface area (Å²) in [7, 11) is 0. The van der Waals surface area contributed by atoms with Gasteiger partial charge in [0.05, 0.1) is 0 Å². The molecule has 1 atom stereocenters. The van der Waals surface area contributed by atoms with Crippen LogP contribution in [0.1, 0.15) is 67.4 Å². The number of halogens is 1. The second kappa shape index (κ2) is 6.13. The molecule has 96 valence electrons. The van der Waals surface area contributed by atoms with Crippen molar-refractivity contribution >= 4 is 0 Å². The van der Waals surface area contributed by atoms with Crippen LogP contribution in [0.4, 0.5) is 4.39 Å². The van der Waals surface area contributed by atoms with Crippen molar-refractivity contribution in [2.24, 2.45) is 0 Å². The van der Waals surface area contributed by atoms with Crippen LogP contribution in [-0.4, -0.2) is 4.98 Å². The molecule has 1 aliphatic rings. The van der Waals surface area contributed by atoms with E-state index in [1.165, 1.54) is 12.8 Å². The highest BCUT2D eigenvalue weighted by Crippen LogP contribution is 2.38. The molecule has 0 fully saturated rings. The Morgan fingerprint density at radius 1 is 1.12 bits per heavy atom. The molecule has 0 saturated carbocycles. The van der Waals surface area contributed by atoms with Crippen LogP contribution in [0, 0.1) is 20.8 Å². The van der Waals surface area contributed by atoms with Crippen LogP contribution in [0.5, 0.6) is 0 Å². The highest BCUT2D eigenvalue weighted by Gasteiger charge is 2.26. The molecule has 0 aliphatic heterocycles. The maximum absolute atomic E-state index is 13.5. The van der Waals surface area contributed by atoms with E-state index < -0.39 is 6.17 Å². The summed E-state index contributed by atoms with van der Waals surface area (Å²) < 4.78 is 13.5. The molecule has 2 rings (SSSR count). The summed E-state index contributed by atoms with van der Waals surface area (Å²) in [4.78, 5) is 4.41. The van der Waals surface area contributed by atoms with Crippen LogP contribution in [0.3, 0.4) is 0 Å². The second-order valence-corrected chi connectivity index (χ2v) is 4.81. The summed E-state index contributed by atoms with van der Waals surface area (Å²) in [6, 6.07) is 0. The van der Waals surface area contributed by atoms with Crippen molar-refractivity contribution in [1.82, 2.24) is 4.98 Å². The second-order valence-electron chi connectivity index (χ2n) is 4.81. The van der Waals surface area contributed by atoms with Gasteiger partial charge in [-0.3, -0.25) is 4.98 Å². The molecule has 1 aromatic heterocycles. The number of unbranched alkanes of at least 4 members (excludes halogenated alkanes) is 1. The van der Waals surface area contributed by atoms with Gasteiger partial charge in [0.15, 0.2) is 0 Å². The third-order valence-corrected chi connectivity index (χ3v) is 3.50. The third kappa shape index (κ3) is 3.05. The highest BCUT2D eigenvalue weighted by atomic mass is 19.1. The lowest BCUT2D eigenvalue weighted by Gasteiger charge is -2.11. The fourth-order valence-electron chi connectivity index (χ4n) is 2.17. The molecule has 0 spiro atoms. The molecule has 17 heavy (non-hydrogen) atoms. The lowest BCUT2D eigenvalue weighted by molar-refractivity contribution is 0.342. The lowest BCUT2D eigenvalue weighted by atomic mass is 10.0. The Morgan fingerprint density at radius 3 is 2.24 bits per heavy atom. The number of aryl methyl sites for hydroxylation is 2. The Labute approximate surface area is 104 Å². The predicted molar refractivity (Wildman–Crippen MR) is 71.2 cm³/mol. The predicted octanol–water partition coefficient (Wildman–Crippen LogP) is 4.77. The van der Waals surface area contributed by atoms with E-state index in [-0.39, 0.29) is 0 Å². The van der Waals surface area contributed by atoms with Crippen molar-refractivity contribution in [2.45, 2.75) is 66.5 Å². The molecule has 0 N–H and O–H groups in total. The maximum atomic E-state index is 13.5. The van der Waals surface area contributed by atoms with Gasteiger partial charge in [0.2, 0.25) is 0 Å². The van der Waals surface area contributed by atoms with E-state index in [0.717, 1.165) is 34.5 Å². The molecule has 2 heteroatoms. The Morgan fingerprint density at radius 2 is 1.71 bits per heavy atom. The van der Waals surface area contributed by atoms with E-state index in [2.05, 4.69) is 18.8 Å². The Hall–Kier alpha value is -0.920. The number of aromatic nitrogens is 1. The van der Waals surface area contributed by atoms with E-state index in [1.54, 1.807) is 0 Å². The summed E-state index contributed by atoms with van der Waals surface area (Å²) >= 11 is 0. The van der Waals surface area contributed by atoms with Gasteiger partial charge in [0, 0.05) is 11.4 Å². The zero-order chi connectivity index (χ0) is 13.0. The standard InChI is InChI=1S/C11H14FN.C4H10/c1-6-7(2)13-8(3)9-4-5-10(12)11(6)9;1-3-4-2/h10H,4-5H2,1-3H3;3-4H2,1-2H3. The molecule has 1 heterocycles. The molecule has 0 radical (unpaired) electrons. The molecule has 1 unspecified atom stereocenters. The average molecular weight is 237 g/mol. The number of rotatable bonds is 1. The fraction of sp³-hybridized carbons (Fsp3) is 0.667. The lowest BCUT2D eigenvalue weighted by Crippen LogP contribution is -2.00. The Bertz CT molecular complexity index is 383. The molecule has 0 aromatic carbocycles. The molecule has 0 bridgehead atoms. The minimum atomic E-state index is -0.754. The van der Waals surface area contributed by atoms with Crippen LogP contribution in [0.2, 0.25) is 0 Å². The molecule has 0 saturated heterocycles. The van der Waals surface area contributed by atoms with Gasteiger partial charge in [-0.2, -0.15) is 0 Å². The van der Waals surface area contributed by atoms with E-state index >= 15 is 0 Å². The van der Waals surface area contributed by atoms with Crippen molar-refractivity contribution in [3.05, 3.63) is 28.1 Å². The van der Waals surface area contributed by atoms with E-state index in [9.17, 15) is 4.39 Å². The number of alkyl halides is 1. The van der Waals surface area contributed by atoms with Crippen molar-refractivity contribution < 1.29 is 4.39 Å². The molecular weight excluding hydrogens is 213 g/mol. The van der Waals surface area contributed by atoms with Gasteiger partial charge in [0.1, 0.15) is 6.17 Å². The number of hydrogen-bond acceptors (Lipinski definition) is 1. The summed E-state index contributed by atoms with van der Waals surface area (Å²) in [5.74, 6) is 0. The zero-order valence-electron chi connectivity index (χ0n) is 11.7. The number of pyridine rings is 1. The Kier molecular flexibility index (Phi) is 5.10. The first-order chi connectivity index (χ1) is 8.02. The molecule has 1 aliphatic carbocycles. The van der Waals surface area contributed by atoms with Gasteiger partial charge < -0.3 is 0 Å². The summed E-state index contributed by atoms with van der Waals surface area (Å²) in [6.07, 6.45) is 3.38. The fourth-order valence-corrected chi connectivity index (χ4v) is 2.17. The summed E-state index contributed by atoms with van der Waals surface area (Å²) in [6.45, 7) is 10.3. The Balaban J connectivity index is 0.000000317. The number of hydrogen-bond donors (Lipinski definition) is 0. The van der Waals surface area contributed by atoms with Crippen LogP contribution in [0.15, 0.2) is 0 Å². The van der Waals surface area contributed by atoms with Crippen LogP contribution in [0.25, 0.3) is 0 Å². The molecule has 1 aromatic rings. The minimum absolute atomic E-state index is 0.641. The smallest absolute Gasteiger partial charge is 0.126 e. The SMILES string of the molecule is CCCC.Cc1nc(C)c2c(c1C)C(F)CC2. The van der Waals surface area contributed by atoms with Gasteiger partial charge in [-0.25, -0.2) is 4.39 Å². The van der Waals surface area contributed by atoms with Crippen molar-refractivity contribution in [3.63, 3.8) is 0 Å². The number of nitrogens with zero attached hydrogens (tertiary/aromatic N) is 1. The van der Waals surface area contributed by atoms with Crippen molar-refractivity contribution in [2.75, 3.05) is 0 Å². The van der Waals surface area contributed by atoms with Crippen molar-refractivity contribution in [1.29, 1.82) is 0 Å². The summed E-state index contributed by atoms with van der Waals surface area (Å²) in [5, 5.41) is 0. The van der Waals surface area contributed by atoms with E-state index in [4.69, 9.17) is 0 Å². The van der Waals surface area contributed by atoms with Gasteiger partial charge in [0.25, 0.3) is 0 Å². The van der Waals surface area contributed by atoms with Crippen LogP contribution in [-0.2, 0) is 6.42 Å². The minimum Gasteiger partial charge on any atom is -0.258 e. The zero-order valence-corrected chi connectivity index (χ0v) is 11.7. The van der Waals surface area contributed by atoms with Gasteiger partial charge >= 0.3 is 0 Å². The number of fused-ring (bicyclic) bond motifs is 1. The summed E-state index contributed by atoms with van der Waals surface area (Å²) in [5.41, 5.74) is 5.10. The normalized spacial score (nSPS) is 17.4. The molecule has 0 amide bonds. The van der Waals surface area contributed by atoms with Crippen LogP contribution < -0.4 is 0 Å². The van der Waals surface area contributed by atoms with E-state index in [1.807, 2.05) is 20.8 Å². The largest absolute Gasteiger partial charge is 0.258 e. The third-order valence-electron chi connectivity index (χ3n) is 3.50. The quantitative estimate of drug-likeness (QED) is 0.685. The topological polar surface area (TPSA) is 12.9 Å².